The monoisotopic (exact) mass is 291 g/mol. The highest BCUT2D eigenvalue weighted by Crippen LogP contribution is 2.42. The van der Waals surface area contributed by atoms with Crippen molar-refractivity contribution in [1.29, 1.82) is 0 Å². The molecule has 0 saturated heterocycles. The fourth-order valence-corrected chi connectivity index (χ4v) is 3.85. The summed E-state index contributed by atoms with van der Waals surface area (Å²) in [5.74, 6) is 2.09. The topological polar surface area (TPSA) is 38.9 Å². The van der Waals surface area contributed by atoms with Gasteiger partial charge in [-0.15, -0.1) is 11.3 Å². The van der Waals surface area contributed by atoms with Crippen LogP contribution in [0.25, 0.3) is 0 Å². The molecule has 5 heteroatoms. The second-order valence-electron chi connectivity index (χ2n) is 5.55. The molecule has 2 bridgehead atoms. The number of thiazole rings is 1. The number of aromatic nitrogens is 1. The van der Waals surface area contributed by atoms with Gasteiger partial charge in [-0.05, 0) is 31.6 Å². The quantitative estimate of drug-likeness (QED) is 0.466. The molecule has 0 aromatic carbocycles. The molecule has 0 radical (unpaired) electrons. The number of ether oxygens (including phenoxy) is 1. The first-order valence-corrected chi connectivity index (χ1v) is 8.05. The van der Waals surface area contributed by atoms with Crippen molar-refractivity contribution in [3.8, 4) is 0 Å². The Bertz CT molecular complexity index is 584. The molecule has 3 rings (SSSR count). The zero-order valence-corrected chi connectivity index (χ0v) is 12.8. The summed E-state index contributed by atoms with van der Waals surface area (Å²) in [5.41, 5.74) is 1.14. The van der Waals surface area contributed by atoms with Gasteiger partial charge in [-0.25, -0.2) is 4.68 Å². The first-order valence-electron chi connectivity index (χ1n) is 7.17. The number of allylic oxidation sites excluding steroid dienone is 2. The smallest absolute Gasteiger partial charge is 0.205 e. The van der Waals surface area contributed by atoms with E-state index in [4.69, 9.17) is 4.74 Å². The third kappa shape index (κ3) is 2.79. The van der Waals surface area contributed by atoms with Crippen molar-refractivity contribution in [3.05, 3.63) is 28.0 Å². The molecule has 4 nitrogen and oxygen atoms in total. The van der Waals surface area contributed by atoms with E-state index in [9.17, 15) is 0 Å². The summed E-state index contributed by atoms with van der Waals surface area (Å²) in [5, 5.41) is 6.78. The van der Waals surface area contributed by atoms with E-state index in [1.54, 1.807) is 18.4 Å². The van der Waals surface area contributed by atoms with Gasteiger partial charge in [0.15, 0.2) is 0 Å². The van der Waals surface area contributed by atoms with Crippen LogP contribution in [0.2, 0.25) is 0 Å². The third-order valence-corrected chi connectivity index (χ3v) is 5.07. The molecule has 3 unspecified atom stereocenters. The van der Waals surface area contributed by atoms with Gasteiger partial charge in [-0.1, -0.05) is 12.2 Å². The predicted molar refractivity (Wildman–Crippen MR) is 82.1 cm³/mol. The Morgan fingerprint density at radius 1 is 1.45 bits per heavy atom. The highest BCUT2D eigenvalue weighted by Gasteiger charge is 2.34. The van der Waals surface area contributed by atoms with Gasteiger partial charge in [-0.2, -0.15) is 5.10 Å². The van der Waals surface area contributed by atoms with Crippen molar-refractivity contribution in [3.63, 3.8) is 0 Å². The predicted octanol–water partition coefficient (Wildman–Crippen LogP) is 2.45. The molecule has 1 fully saturated rings. The number of fused-ring (bicyclic) bond motifs is 2. The van der Waals surface area contributed by atoms with Crippen molar-refractivity contribution in [2.24, 2.45) is 27.8 Å². The van der Waals surface area contributed by atoms with E-state index in [-0.39, 0.29) is 0 Å². The Kier molecular flexibility index (Phi) is 4.17. The number of nitrogens with zero attached hydrogens (tertiary/aromatic N) is 3. The molecule has 108 valence electrons. The Labute approximate surface area is 123 Å². The van der Waals surface area contributed by atoms with E-state index in [1.165, 1.54) is 12.8 Å². The van der Waals surface area contributed by atoms with Crippen molar-refractivity contribution in [1.82, 2.24) is 4.68 Å². The lowest BCUT2D eigenvalue weighted by atomic mass is 9.95. The van der Waals surface area contributed by atoms with E-state index in [2.05, 4.69) is 40.8 Å². The summed E-state index contributed by atoms with van der Waals surface area (Å²) in [6, 6.07) is 0. The number of hydrogen-bond acceptors (Lipinski definition) is 4. The number of methoxy groups -OCH3 is 1. The fraction of sp³-hybridized carbons (Fsp3) is 0.600. The second kappa shape index (κ2) is 6.06. The Morgan fingerprint density at radius 3 is 3.05 bits per heavy atom. The Hall–Kier alpha value is -1.20. The molecule has 1 aromatic heterocycles. The number of aryl methyl sites for hydroxylation is 1. The largest absolute Gasteiger partial charge is 0.383 e. The van der Waals surface area contributed by atoms with Crippen molar-refractivity contribution < 1.29 is 4.74 Å². The summed E-state index contributed by atoms with van der Waals surface area (Å²) < 4.78 is 6.99. The van der Waals surface area contributed by atoms with Gasteiger partial charge < -0.3 is 4.74 Å². The van der Waals surface area contributed by atoms with E-state index in [1.807, 2.05) is 4.68 Å². The SMILES string of the molecule is COCCN=c1scc(C)n1/N=C/C1CC2C=CC1C2. The lowest BCUT2D eigenvalue weighted by molar-refractivity contribution is 0.207. The van der Waals surface area contributed by atoms with Crippen LogP contribution >= 0.6 is 11.3 Å². The van der Waals surface area contributed by atoms with Crippen molar-refractivity contribution >= 4 is 17.6 Å². The van der Waals surface area contributed by atoms with Gasteiger partial charge in [0, 0.05) is 24.6 Å². The van der Waals surface area contributed by atoms with Crippen molar-refractivity contribution in [2.45, 2.75) is 19.8 Å². The molecule has 0 aliphatic heterocycles. The van der Waals surface area contributed by atoms with Crippen LogP contribution in [0.4, 0.5) is 0 Å². The van der Waals surface area contributed by atoms with Gasteiger partial charge in [0.25, 0.3) is 0 Å². The molecule has 2 aliphatic carbocycles. The molecule has 1 aromatic rings. The number of rotatable bonds is 5. The minimum absolute atomic E-state index is 0.601. The van der Waals surface area contributed by atoms with Crippen LogP contribution in [0.5, 0.6) is 0 Å². The zero-order valence-electron chi connectivity index (χ0n) is 12.0. The maximum atomic E-state index is 5.04. The Balaban J connectivity index is 1.75. The molecule has 2 aliphatic rings. The first-order chi connectivity index (χ1) is 9.78. The van der Waals surface area contributed by atoms with Crippen LogP contribution in [0.3, 0.4) is 0 Å². The van der Waals surface area contributed by atoms with Crippen LogP contribution in [-0.4, -0.2) is 31.2 Å². The molecule has 0 spiro atoms. The van der Waals surface area contributed by atoms with Gasteiger partial charge in [0.1, 0.15) is 0 Å². The van der Waals surface area contributed by atoms with Crippen LogP contribution in [-0.2, 0) is 4.74 Å². The summed E-state index contributed by atoms with van der Waals surface area (Å²) >= 11 is 1.64. The molecule has 20 heavy (non-hydrogen) atoms. The molecular formula is C15H21N3OS. The maximum absolute atomic E-state index is 5.04. The van der Waals surface area contributed by atoms with Crippen LogP contribution < -0.4 is 4.80 Å². The second-order valence-corrected chi connectivity index (χ2v) is 6.39. The molecule has 1 heterocycles. The van der Waals surface area contributed by atoms with E-state index in [0.717, 1.165) is 16.4 Å². The molecular weight excluding hydrogens is 270 g/mol. The van der Waals surface area contributed by atoms with Gasteiger partial charge >= 0.3 is 0 Å². The highest BCUT2D eigenvalue weighted by molar-refractivity contribution is 7.07. The van der Waals surface area contributed by atoms with Crippen molar-refractivity contribution in [2.75, 3.05) is 20.3 Å². The lowest BCUT2D eigenvalue weighted by Gasteiger charge is -2.12. The van der Waals surface area contributed by atoms with Crippen LogP contribution in [0.1, 0.15) is 18.5 Å². The average molecular weight is 291 g/mol. The first kappa shape index (κ1) is 13.8. The van der Waals surface area contributed by atoms with Gasteiger partial charge in [0.2, 0.25) is 4.80 Å². The third-order valence-electron chi connectivity index (χ3n) is 4.10. The van der Waals surface area contributed by atoms with Crippen LogP contribution in [0.15, 0.2) is 27.6 Å². The molecule has 0 N–H and O–H groups in total. The lowest BCUT2D eigenvalue weighted by Crippen LogP contribution is -2.16. The minimum atomic E-state index is 0.601. The van der Waals surface area contributed by atoms with E-state index >= 15 is 0 Å². The Morgan fingerprint density at radius 2 is 2.35 bits per heavy atom. The van der Waals surface area contributed by atoms with Gasteiger partial charge in [-0.3, -0.25) is 4.99 Å². The summed E-state index contributed by atoms with van der Waals surface area (Å²) in [4.78, 5) is 5.49. The minimum Gasteiger partial charge on any atom is -0.383 e. The molecule has 1 saturated carbocycles. The standard InChI is InChI=1S/C15H21N3OS/c1-11-10-20-15(16-5-6-19-2)18(11)17-9-14-8-12-3-4-13(14)7-12/h3-4,9-10,12-14H,5-8H2,1-2H3/b16-15?,17-9+. The zero-order chi connectivity index (χ0) is 13.9. The van der Waals surface area contributed by atoms with Crippen LogP contribution in [0, 0.1) is 24.7 Å². The molecule has 0 amide bonds. The average Bonchev–Trinajstić information content (AvgIpc) is 3.13. The summed E-state index contributed by atoms with van der Waals surface area (Å²) in [7, 11) is 1.70. The summed E-state index contributed by atoms with van der Waals surface area (Å²) in [6.07, 6.45) is 9.42. The van der Waals surface area contributed by atoms with E-state index in [0.29, 0.717) is 25.0 Å². The summed E-state index contributed by atoms with van der Waals surface area (Å²) in [6.45, 7) is 3.41. The fourth-order valence-electron chi connectivity index (χ4n) is 3.01. The number of hydrogen-bond donors (Lipinski definition) is 0. The highest BCUT2D eigenvalue weighted by atomic mass is 32.1. The molecule has 3 atom stereocenters. The van der Waals surface area contributed by atoms with Gasteiger partial charge in [0.05, 0.1) is 18.8 Å². The van der Waals surface area contributed by atoms with E-state index < -0.39 is 0 Å². The normalized spacial score (nSPS) is 29.1. The maximum Gasteiger partial charge on any atom is 0.205 e.